The van der Waals surface area contributed by atoms with Crippen molar-refractivity contribution in [2.45, 2.75) is 31.0 Å². The number of nitrogens with one attached hydrogen (secondary N) is 1. The minimum Gasteiger partial charge on any atom is -0.355 e. The number of hydrogen-bond donors (Lipinski definition) is 1. The number of carbonyl (C=O) groups excluding carboxylic acids is 1. The van der Waals surface area contributed by atoms with E-state index in [9.17, 15) is 13.2 Å². The quantitative estimate of drug-likeness (QED) is 0.683. The summed E-state index contributed by atoms with van der Waals surface area (Å²) in [7, 11) is -3.44. The number of nitrogens with zero attached hydrogens (tertiary/aromatic N) is 1. The summed E-state index contributed by atoms with van der Waals surface area (Å²) in [6.45, 7) is 4.12. The molecular weight excluding hydrogens is 311 g/mol. The molecule has 0 saturated heterocycles. The molecule has 1 aliphatic carbocycles. The average Bonchev–Trinajstić information content (AvgIpc) is 2.92. The molecule has 0 aliphatic heterocycles. The molecule has 112 valence electrons. The van der Waals surface area contributed by atoms with E-state index in [1.807, 2.05) is 0 Å². The van der Waals surface area contributed by atoms with Gasteiger partial charge in [-0.15, -0.1) is 23.2 Å². The monoisotopic (exact) mass is 330 g/mol. The smallest absolute Gasteiger partial charge is 0.235 e. The summed E-state index contributed by atoms with van der Waals surface area (Å²) in [5.74, 6) is -0.274. The van der Waals surface area contributed by atoms with Gasteiger partial charge in [0.05, 0.1) is 12.3 Å². The largest absolute Gasteiger partial charge is 0.355 e. The summed E-state index contributed by atoms with van der Waals surface area (Å²) in [6.07, 6.45) is 1.06. The average molecular weight is 331 g/mol. The summed E-state index contributed by atoms with van der Waals surface area (Å²) in [4.78, 5) is 11.5. The molecule has 0 aromatic heterocycles. The van der Waals surface area contributed by atoms with Crippen LogP contribution in [0.3, 0.4) is 0 Å². The zero-order valence-electron chi connectivity index (χ0n) is 11.2. The van der Waals surface area contributed by atoms with Crippen molar-refractivity contribution in [3.05, 3.63) is 0 Å². The molecule has 1 saturated carbocycles. The van der Waals surface area contributed by atoms with Crippen molar-refractivity contribution >= 4 is 39.1 Å². The lowest BCUT2D eigenvalue weighted by molar-refractivity contribution is -0.121. The number of hydrogen-bond acceptors (Lipinski definition) is 3. The lowest BCUT2D eigenvalue weighted by Gasteiger charge is -2.19. The Hall–Kier alpha value is -0.0400. The van der Waals surface area contributed by atoms with E-state index >= 15 is 0 Å². The third kappa shape index (κ3) is 5.10. The van der Waals surface area contributed by atoms with E-state index in [2.05, 4.69) is 5.32 Å². The van der Waals surface area contributed by atoms with Gasteiger partial charge in [-0.25, -0.2) is 8.42 Å². The number of amides is 1. The Labute approximate surface area is 124 Å². The van der Waals surface area contributed by atoms with Gasteiger partial charge in [-0.1, -0.05) is 6.92 Å². The van der Waals surface area contributed by atoms with Crippen molar-refractivity contribution < 1.29 is 13.2 Å². The maximum atomic E-state index is 12.1. The van der Waals surface area contributed by atoms with Crippen LogP contribution in [0.2, 0.25) is 0 Å². The molecule has 0 aromatic carbocycles. The Morgan fingerprint density at radius 2 is 2.00 bits per heavy atom. The fraction of sp³-hybridized carbons (Fsp3) is 0.909. The number of carbonyl (C=O) groups is 1. The van der Waals surface area contributed by atoms with Crippen LogP contribution in [-0.4, -0.2) is 48.4 Å². The van der Waals surface area contributed by atoms with Crippen LogP contribution in [0.15, 0.2) is 0 Å². The van der Waals surface area contributed by atoms with Gasteiger partial charge in [0.15, 0.2) is 0 Å². The number of halogens is 2. The summed E-state index contributed by atoms with van der Waals surface area (Å²) < 4.78 is 24.6. The van der Waals surface area contributed by atoms with Gasteiger partial charge in [0.2, 0.25) is 15.9 Å². The Kier molecular flexibility index (Phi) is 5.92. The van der Waals surface area contributed by atoms with Gasteiger partial charge in [0, 0.05) is 13.1 Å². The van der Waals surface area contributed by atoms with E-state index in [1.165, 1.54) is 4.31 Å². The molecule has 0 aromatic rings. The fourth-order valence-electron chi connectivity index (χ4n) is 1.82. The van der Waals surface area contributed by atoms with Crippen molar-refractivity contribution in [1.29, 1.82) is 0 Å². The zero-order chi connectivity index (χ0) is 14.7. The van der Waals surface area contributed by atoms with Crippen molar-refractivity contribution in [1.82, 2.24) is 9.62 Å². The van der Waals surface area contributed by atoms with Gasteiger partial charge in [-0.2, -0.15) is 4.31 Å². The second-order valence-corrected chi connectivity index (χ2v) is 8.28. The summed E-state index contributed by atoms with van der Waals surface area (Å²) >= 11 is 11.7. The van der Waals surface area contributed by atoms with Gasteiger partial charge >= 0.3 is 0 Å². The first kappa shape index (κ1) is 17.0. The molecular formula is C11H20Cl2N2O3S. The van der Waals surface area contributed by atoms with E-state index in [1.54, 1.807) is 13.8 Å². The topological polar surface area (TPSA) is 66.5 Å². The minimum absolute atomic E-state index is 0.0217. The first-order valence-electron chi connectivity index (χ1n) is 6.35. The molecule has 1 aliphatic rings. The van der Waals surface area contributed by atoms with E-state index < -0.39 is 14.4 Å². The Morgan fingerprint density at radius 1 is 1.42 bits per heavy atom. The van der Waals surface area contributed by atoms with Crippen LogP contribution in [0, 0.1) is 5.92 Å². The first-order chi connectivity index (χ1) is 8.73. The Balaban J connectivity index is 2.50. The molecule has 1 atom stereocenters. The van der Waals surface area contributed by atoms with E-state index in [4.69, 9.17) is 23.2 Å². The molecule has 1 rings (SSSR count). The standard InChI is InChI=1S/C11H20Cl2N2O3S/c1-3-14-10(16)8-15(4-2)19(17,18)6-5-9-7-11(9,12)13/h9H,3-8H2,1-2H3,(H,14,16)/t9-/m1/s1. The van der Waals surface area contributed by atoms with Crippen LogP contribution in [0.4, 0.5) is 0 Å². The summed E-state index contributed by atoms with van der Waals surface area (Å²) in [6, 6.07) is 0. The zero-order valence-corrected chi connectivity index (χ0v) is 13.5. The molecule has 0 unspecified atom stereocenters. The van der Waals surface area contributed by atoms with E-state index in [-0.39, 0.29) is 30.7 Å². The number of likely N-dealkylation sites (N-methyl/N-ethyl adjacent to an activating group) is 2. The lowest BCUT2D eigenvalue weighted by Crippen LogP contribution is -2.41. The molecule has 0 heterocycles. The number of sulfonamides is 1. The van der Waals surface area contributed by atoms with Crippen LogP contribution >= 0.6 is 23.2 Å². The molecule has 1 fully saturated rings. The molecule has 0 spiro atoms. The number of alkyl halides is 2. The highest BCUT2D eigenvalue weighted by molar-refractivity contribution is 7.89. The summed E-state index contributed by atoms with van der Waals surface area (Å²) in [5.41, 5.74) is 0. The Bertz CT molecular complexity index is 426. The van der Waals surface area contributed by atoms with Crippen LogP contribution in [0.25, 0.3) is 0 Å². The van der Waals surface area contributed by atoms with Gasteiger partial charge in [-0.3, -0.25) is 4.79 Å². The van der Waals surface area contributed by atoms with Gasteiger partial charge in [0.1, 0.15) is 4.33 Å². The number of rotatable bonds is 8. The van der Waals surface area contributed by atoms with Crippen LogP contribution in [-0.2, 0) is 14.8 Å². The molecule has 5 nitrogen and oxygen atoms in total. The van der Waals surface area contributed by atoms with Crippen molar-refractivity contribution in [2.24, 2.45) is 5.92 Å². The molecule has 1 amide bonds. The highest BCUT2D eigenvalue weighted by Crippen LogP contribution is 2.55. The molecule has 1 N–H and O–H groups in total. The minimum atomic E-state index is -3.44. The maximum Gasteiger partial charge on any atom is 0.235 e. The highest BCUT2D eigenvalue weighted by atomic mass is 35.5. The van der Waals surface area contributed by atoms with Gasteiger partial charge in [0.25, 0.3) is 0 Å². The van der Waals surface area contributed by atoms with Gasteiger partial charge < -0.3 is 5.32 Å². The first-order valence-corrected chi connectivity index (χ1v) is 8.71. The summed E-state index contributed by atoms with van der Waals surface area (Å²) in [5, 5.41) is 2.59. The molecule has 8 heteroatoms. The highest BCUT2D eigenvalue weighted by Gasteiger charge is 2.51. The predicted octanol–water partition coefficient (Wildman–Crippen LogP) is 1.36. The predicted molar refractivity (Wildman–Crippen MR) is 76.9 cm³/mol. The molecule has 19 heavy (non-hydrogen) atoms. The van der Waals surface area contributed by atoms with Crippen molar-refractivity contribution in [3.8, 4) is 0 Å². The third-order valence-corrected chi connectivity index (χ3v) is 5.97. The van der Waals surface area contributed by atoms with Gasteiger partial charge in [-0.05, 0) is 25.7 Å². The lowest BCUT2D eigenvalue weighted by atomic mass is 10.3. The second-order valence-electron chi connectivity index (χ2n) is 4.65. The molecule has 0 bridgehead atoms. The van der Waals surface area contributed by atoms with Crippen LogP contribution in [0.5, 0.6) is 0 Å². The SMILES string of the molecule is CCNC(=O)CN(CC)S(=O)(=O)CC[C@@H]1CC1(Cl)Cl. The van der Waals surface area contributed by atoms with Crippen molar-refractivity contribution in [2.75, 3.05) is 25.4 Å². The van der Waals surface area contributed by atoms with E-state index in [0.717, 1.165) is 0 Å². The second kappa shape index (κ2) is 6.61. The fourth-order valence-corrected chi connectivity index (χ4v) is 3.96. The van der Waals surface area contributed by atoms with Crippen LogP contribution in [0.1, 0.15) is 26.7 Å². The normalized spacial score (nSPS) is 21.4. The maximum absolute atomic E-state index is 12.1. The van der Waals surface area contributed by atoms with Crippen LogP contribution < -0.4 is 5.32 Å². The Morgan fingerprint density at radius 3 is 2.42 bits per heavy atom. The van der Waals surface area contributed by atoms with Crippen molar-refractivity contribution in [3.63, 3.8) is 0 Å². The molecule has 0 radical (unpaired) electrons. The third-order valence-electron chi connectivity index (χ3n) is 3.12. The van der Waals surface area contributed by atoms with E-state index in [0.29, 0.717) is 19.4 Å².